The van der Waals surface area contributed by atoms with Crippen molar-refractivity contribution in [2.75, 3.05) is 6.61 Å². The van der Waals surface area contributed by atoms with Gasteiger partial charge in [-0.05, 0) is 24.6 Å². The fourth-order valence-electron chi connectivity index (χ4n) is 2.53. The van der Waals surface area contributed by atoms with Crippen LogP contribution in [0.3, 0.4) is 0 Å². The summed E-state index contributed by atoms with van der Waals surface area (Å²) >= 11 is 0. The van der Waals surface area contributed by atoms with Crippen LogP contribution in [0.2, 0.25) is 25.7 Å². The zero-order valence-corrected chi connectivity index (χ0v) is 15.6. The summed E-state index contributed by atoms with van der Waals surface area (Å²) in [6, 6.07) is 9.59. The molecule has 22 heavy (non-hydrogen) atoms. The Balaban J connectivity index is 2.06. The third kappa shape index (κ3) is 4.95. The molecule has 122 valence electrons. The molecule has 2 aromatic rings. The second-order valence-corrected chi connectivity index (χ2v) is 12.9. The molecule has 0 unspecified atom stereocenters. The van der Waals surface area contributed by atoms with E-state index in [0.717, 1.165) is 18.5 Å². The molecular weight excluding hydrogens is 288 g/mol. The van der Waals surface area contributed by atoms with Crippen molar-refractivity contribution >= 4 is 19.1 Å². The lowest BCUT2D eigenvalue weighted by Gasteiger charge is -2.16. The molecule has 0 amide bonds. The van der Waals surface area contributed by atoms with Crippen molar-refractivity contribution in [1.29, 1.82) is 0 Å². The van der Waals surface area contributed by atoms with Gasteiger partial charge >= 0.3 is 0 Å². The highest BCUT2D eigenvalue weighted by atomic mass is 28.3. The van der Waals surface area contributed by atoms with E-state index in [9.17, 15) is 0 Å². The maximum absolute atomic E-state index is 5.97. The highest BCUT2D eigenvalue weighted by molar-refractivity contribution is 6.76. The van der Waals surface area contributed by atoms with Crippen LogP contribution in [0, 0.1) is 0 Å². The molecule has 3 nitrogen and oxygen atoms in total. The molecular formula is C18H30N2OSi. The van der Waals surface area contributed by atoms with E-state index >= 15 is 0 Å². The number of ether oxygens (including phenoxy) is 1. The third-order valence-corrected chi connectivity index (χ3v) is 5.66. The smallest absolute Gasteiger partial charge is 0.124 e. The molecule has 0 fully saturated rings. The van der Waals surface area contributed by atoms with Gasteiger partial charge in [0, 0.05) is 21.1 Å². The van der Waals surface area contributed by atoms with Crippen LogP contribution in [-0.4, -0.2) is 24.2 Å². The number of rotatable bonds is 9. The monoisotopic (exact) mass is 318 g/mol. The molecule has 0 bridgehead atoms. The van der Waals surface area contributed by atoms with Crippen LogP contribution in [0.1, 0.15) is 32.0 Å². The van der Waals surface area contributed by atoms with Gasteiger partial charge in [-0.1, -0.05) is 51.5 Å². The van der Waals surface area contributed by atoms with Gasteiger partial charge in [-0.2, -0.15) is 0 Å². The Morgan fingerprint density at radius 1 is 1.14 bits per heavy atom. The van der Waals surface area contributed by atoms with E-state index in [2.05, 4.69) is 55.4 Å². The Hall–Kier alpha value is -1.13. The van der Waals surface area contributed by atoms with Crippen LogP contribution in [0.15, 0.2) is 24.3 Å². The van der Waals surface area contributed by atoms with Gasteiger partial charge in [-0.25, -0.2) is 4.98 Å². The number of para-hydroxylation sites is 2. The van der Waals surface area contributed by atoms with Crippen molar-refractivity contribution in [3.05, 3.63) is 30.1 Å². The number of imidazole rings is 1. The summed E-state index contributed by atoms with van der Waals surface area (Å²) in [6.07, 6.45) is 4.75. The van der Waals surface area contributed by atoms with Gasteiger partial charge in [-0.3, -0.25) is 0 Å². The molecule has 0 saturated carbocycles. The van der Waals surface area contributed by atoms with Crippen LogP contribution in [0.5, 0.6) is 0 Å². The molecule has 2 rings (SSSR count). The lowest BCUT2D eigenvalue weighted by molar-refractivity contribution is 0.0878. The van der Waals surface area contributed by atoms with E-state index in [1.54, 1.807) is 0 Å². The van der Waals surface area contributed by atoms with Gasteiger partial charge in [0.15, 0.2) is 0 Å². The standard InChI is InChI=1S/C18H30N2OSi/c1-5-6-7-12-18-19-16-10-8-9-11-17(16)20(18)15-21-13-14-22(2,3)4/h8-11H,5-7,12-15H2,1-4H3. The minimum atomic E-state index is -1.02. The van der Waals surface area contributed by atoms with Gasteiger partial charge in [0.25, 0.3) is 0 Å². The Labute approximate surface area is 135 Å². The first-order valence-corrected chi connectivity index (χ1v) is 12.2. The third-order valence-electron chi connectivity index (χ3n) is 3.95. The number of hydrogen-bond donors (Lipinski definition) is 0. The molecule has 0 radical (unpaired) electrons. The first kappa shape index (κ1) is 17.2. The number of fused-ring (bicyclic) bond motifs is 1. The van der Waals surface area contributed by atoms with Gasteiger partial charge in [-0.15, -0.1) is 0 Å². The van der Waals surface area contributed by atoms with Crippen molar-refractivity contribution < 1.29 is 4.74 Å². The molecule has 1 aromatic heterocycles. The summed E-state index contributed by atoms with van der Waals surface area (Å²) in [5, 5.41) is 0. The normalized spacial score (nSPS) is 12.2. The van der Waals surface area contributed by atoms with Crippen molar-refractivity contribution in [1.82, 2.24) is 9.55 Å². The van der Waals surface area contributed by atoms with E-state index in [-0.39, 0.29) is 0 Å². The SMILES string of the molecule is CCCCCc1nc2ccccc2n1COCC[Si](C)(C)C. The second kappa shape index (κ2) is 7.93. The zero-order chi connectivity index (χ0) is 16.0. The van der Waals surface area contributed by atoms with Gasteiger partial charge in [0.2, 0.25) is 0 Å². The fraction of sp³-hybridized carbons (Fsp3) is 0.611. The van der Waals surface area contributed by atoms with Crippen molar-refractivity contribution in [2.24, 2.45) is 0 Å². The van der Waals surface area contributed by atoms with Gasteiger partial charge in [0.1, 0.15) is 12.6 Å². The Morgan fingerprint density at radius 2 is 1.91 bits per heavy atom. The highest BCUT2D eigenvalue weighted by Gasteiger charge is 2.13. The molecule has 4 heteroatoms. The number of aromatic nitrogens is 2. The predicted octanol–water partition coefficient (Wildman–Crippen LogP) is 5.08. The van der Waals surface area contributed by atoms with Crippen LogP contribution in [0.4, 0.5) is 0 Å². The van der Waals surface area contributed by atoms with E-state index in [1.807, 2.05) is 0 Å². The number of benzene rings is 1. The Morgan fingerprint density at radius 3 is 2.64 bits per heavy atom. The topological polar surface area (TPSA) is 27.1 Å². The van der Waals surface area contributed by atoms with Crippen LogP contribution in [0.25, 0.3) is 11.0 Å². The van der Waals surface area contributed by atoms with Gasteiger partial charge < -0.3 is 9.30 Å². The summed E-state index contributed by atoms with van der Waals surface area (Å²) in [4.78, 5) is 4.80. The molecule has 0 saturated heterocycles. The van der Waals surface area contributed by atoms with Crippen LogP contribution < -0.4 is 0 Å². The Bertz CT molecular complexity index is 586. The van der Waals surface area contributed by atoms with Crippen molar-refractivity contribution in [3.63, 3.8) is 0 Å². The average Bonchev–Trinajstić information content (AvgIpc) is 2.81. The lowest BCUT2D eigenvalue weighted by Crippen LogP contribution is -2.22. The largest absolute Gasteiger partial charge is 0.361 e. The molecule has 1 aromatic carbocycles. The minimum Gasteiger partial charge on any atom is -0.361 e. The maximum atomic E-state index is 5.97. The average molecular weight is 319 g/mol. The molecule has 0 aliphatic heterocycles. The lowest BCUT2D eigenvalue weighted by atomic mass is 10.2. The molecule has 0 spiro atoms. The van der Waals surface area contributed by atoms with Crippen molar-refractivity contribution in [2.45, 2.75) is 65.0 Å². The van der Waals surface area contributed by atoms with E-state index in [0.29, 0.717) is 6.73 Å². The quantitative estimate of drug-likeness (QED) is 0.476. The van der Waals surface area contributed by atoms with E-state index in [1.165, 1.54) is 36.6 Å². The van der Waals surface area contributed by atoms with Crippen LogP contribution in [-0.2, 0) is 17.9 Å². The summed E-state index contributed by atoms with van der Waals surface area (Å²) in [6.45, 7) is 10.9. The molecule has 0 atom stereocenters. The maximum Gasteiger partial charge on any atom is 0.124 e. The second-order valence-electron chi connectivity index (χ2n) is 7.25. The summed E-state index contributed by atoms with van der Waals surface area (Å²) in [7, 11) is -1.02. The molecule has 1 heterocycles. The zero-order valence-electron chi connectivity index (χ0n) is 14.6. The minimum absolute atomic E-state index is 0.631. The van der Waals surface area contributed by atoms with Gasteiger partial charge in [0.05, 0.1) is 11.0 Å². The molecule has 0 aliphatic carbocycles. The summed E-state index contributed by atoms with van der Waals surface area (Å²) in [5.41, 5.74) is 2.28. The van der Waals surface area contributed by atoms with Crippen molar-refractivity contribution in [3.8, 4) is 0 Å². The number of hydrogen-bond acceptors (Lipinski definition) is 2. The number of unbranched alkanes of at least 4 members (excludes halogenated alkanes) is 2. The van der Waals surface area contributed by atoms with E-state index < -0.39 is 8.07 Å². The predicted molar refractivity (Wildman–Crippen MR) is 97.1 cm³/mol. The fourth-order valence-corrected chi connectivity index (χ4v) is 3.28. The molecule has 0 aliphatic rings. The number of nitrogens with zero attached hydrogens (tertiary/aromatic N) is 2. The first-order chi connectivity index (χ1) is 10.5. The Kier molecular flexibility index (Phi) is 6.21. The highest BCUT2D eigenvalue weighted by Crippen LogP contribution is 2.18. The summed E-state index contributed by atoms with van der Waals surface area (Å²) < 4.78 is 8.23. The summed E-state index contributed by atoms with van der Waals surface area (Å²) in [5.74, 6) is 1.17. The number of aryl methyl sites for hydroxylation is 1. The van der Waals surface area contributed by atoms with E-state index in [4.69, 9.17) is 9.72 Å². The van der Waals surface area contributed by atoms with Crippen LogP contribution >= 0.6 is 0 Å². The molecule has 0 N–H and O–H groups in total. The first-order valence-electron chi connectivity index (χ1n) is 8.53.